The Morgan fingerprint density at radius 3 is 3.00 bits per heavy atom. The summed E-state index contributed by atoms with van der Waals surface area (Å²) in [7, 11) is 0. The summed E-state index contributed by atoms with van der Waals surface area (Å²) < 4.78 is 0. The Morgan fingerprint density at radius 1 is 1.29 bits per heavy atom. The van der Waals surface area contributed by atoms with Crippen LogP contribution in [0.3, 0.4) is 0 Å². The molecule has 8 nitrogen and oxygen atoms in total. The number of pyridine rings is 2. The predicted molar refractivity (Wildman–Crippen MR) is 83.9 cm³/mol. The Kier molecular flexibility index (Phi) is 3.37. The molecule has 0 unspecified atom stereocenters. The van der Waals surface area contributed by atoms with Gasteiger partial charge in [0, 0.05) is 24.2 Å². The zero-order chi connectivity index (χ0) is 16.7. The molecule has 4 heterocycles. The Labute approximate surface area is 137 Å². The third kappa shape index (κ3) is 2.45. The first-order valence-electron chi connectivity index (χ1n) is 7.71. The fourth-order valence-corrected chi connectivity index (χ4v) is 3.19. The molecule has 2 atom stereocenters. The van der Waals surface area contributed by atoms with Crippen LogP contribution in [0, 0.1) is 0 Å². The zero-order valence-corrected chi connectivity index (χ0v) is 12.7. The average Bonchev–Trinajstić information content (AvgIpc) is 3.03. The van der Waals surface area contributed by atoms with Crippen molar-refractivity contribution in [2.75, 3.05) is 13.1 Å². The molecular formula is C16H15N5O3. The van der Waals surface area contributed by atoms with Gasteiger partial charge in [0.05, 0.1) is 6.54 Å². The lowest BCUT2D eigenvalue weighted by atomic mass is 10.1. The number of aromatic nitrogens is 2. The van der Waals surface area contributed by atoms with Crippen LogP contribution >= 0.6 is 0 Å². The highest BCUT2D eigenvalue weighted by atomic mass is 16.2. The van der Waals surface area contributed by atoms with Gasteiger partial charge in [-0.2, -0.15) is 0 Å². The van der Waals surface area contributed by atoms with Gasteiger partial charge in [-0.1, -0.05) is 0 Å². The van der Waals surface area contributed by atoms with E-state index in [1.165, 1.54) is 4.90 Å². The number of hydrogen-bond donors (Lipinski definition) is 2. The maximum atomic E-state index is 12.4. The van der Waals surface area contributed by atoms with Crippen LogP contribution in [0.1, 0.15) is 16.9 Å². The first-order chi connectivity index (χ1) is 11.6. The van der Waals surface area contributed by atoms with E-state index in [1.54, 1.807) is 24.4 Å². The predicted octanol–water partition coefficient (Wildman–Crippen LogP) is -0.541. The number of carbonyl (C=O) groups excluding carboxylic acids is 3. The fourth-order valence-electron chi connectivity index (χ4n) is 3.19. The van der Waals surface area contributed by atoms with Crippen molar-refractivity contribution in [2.24, 2.45) is 0 Å². The Hall–Kier alpha value is -3.03. The van der Waals surface area contributed by atoms with E-state index in [0.29, 0.717) is 18.6 Å². The second-order valence-electron chi connectivity index (χ2n) is 5.93. The summed E-state index contributed by atoms with van der Waals surface area (Å²) in [6.45, 7) is 0.363. The van der Waals surface area contributed by atoms with Gasteiger partial charge in [0.15, 0.2) is 5.65 Å². The molecule has 122 valence electrons. The van der Waals surface area contributed by atoms with Crippen LogP contribution < -0.4 is 10.6 Å². The molecule has 4 rings (SSSR count). The zero-order valence-electron chi connectivity index (χ0n) is 12.7. The molecule has 2 aromatic rings. The summed E-state index contributed by atoms with van der Waals surface area (Å²) in [5.41, 5.74) is 0.769. The summed E-state index contributed by atoms with van der Waals surface area (Å²) in [4.78, 5) is 46.0. The van der Waals surface area contributed by atoms with Crippen molar-refractivity contribution in [2.45, 2.75) is 18.5 Å². The molecule has 0 saturated carbocycles. The first kappa shape index (κ1) is 14.6. The van der Waals surface area contributed by atoms with E-state index in [2.05, 4.69) is 20.6 Å². The molecule has 2 aromatic heterocycles. The van der Waals surface area contributed by atoms with Gasteiger partial charge >= 0.3 is 0 Å². The average molecular weight is 325 g/mol. The topological polar surface area (TPSA) is 104 Å². The summed E-state index contributed by atoms with van der Waals surface area (Å²) >= 11 is 0. The number of rotatable bonds is 2. The highest BCUT2D eigenvalue weighted by molar-refractivity contribution is 5.97. The Bertz CT molecular complexity index is 828. The van der Waals surface area contributed by atoms with Crippen LogP contribution in [0.5, 0.6) is 0 Å². The fraction of sp³-hybridized carbons (Fsp3) is 0.312. The minimum absolute atomic E-state index is 0.0217. The van der Waals surface area contributed by atoms with Crippen molar-refractivity contribution in [1.29, 1.82) is 0 Å². The van der Waals surface area contributed by atoms with Crippen molar-refractivity contribution < 1.29 is 14.4 Å². The quantitative estimate of drug-likeness (QED) is 0.771. The molecule has 3 amide bonds. The van der Waals surface area contributed by atoms with Crippen LogP contribution in [0.2, 0.25) is 0 Å². The van der Waals surface area contributed by atoms with E-state index < -0.39 is 6.04 Å². The lowest BCUT2D eigenvalue weighted by molar-refractivity contribution is -0.143. The maximum absolute atomic E-state index is 12.4. The van der Waals surface area contributed by atoms with Gasteiger partial charge in [-0.05, 0) is 30.7 Å². The molecule has 0 aliphatic carbocycles. The highest BCUT2D eigenvalue weighted by Gasteiger charge is 2.42. The first-order valence-corrected chi connectivity index (χ1v) is 7.71. The second kappa shape index (κ2) is 5.55. The molecular weight excluding hydrogens is 310 g/mol. The lowest BCUT2D eigenvalue weighted by Gasteiger charge is -2.28. The molecule has 2 N–H and O–H groups in total. The Morgan fingerprint density at radius 2 is 2.17 bits per heavy atom. The number of fused-ring (bicyclic) bond motifs is 2. The van der Waals surface area contributed by atoms with Crippen molar-refractivity contribution in [3.8, 4) is 0 Å². The number of nitrogens with one attached hydrogen (secondary N) is 2. The standard InChI is InChI=1S/C16H15N5O3/c22-13-7-18-16(24)12-6-10(8-21(12)13)19-15(23)11-4-3-9-2-1-5-17-14(9)20-11/h1-5,10,12H,6-8H2,(H,18,24)(H,19,23)/t10-,12-/m0/s1. The van der Waals surface area contributed by atoms with Gasteiger partial charge in [0.25, 0.3) is 5.91 Å². The molecule has 0 bridgehead atoms. The molecule has 2 aliphatic rings. The van der Waals surface area contributed by atoms with Crippen LogP contribution in [-0.4, -0.2) is 57.8 Å². The third-order valence-electron chi connectivity index (χ3n) is 4.37. The van der Waals surface area contributed by atoms with Gasteiger partial charge < -0.3 is 15.5 Å². The SMILES string of the molecule is O=C(N[C@H]1C[C@H]2C(=O)NCC(=O)N2C1)c1ccc2cccnc2n1. The molecule has 0 aromatic carbocycles. The number of amides is 3. The molecule has 8 heteroatoms. The number of nitrogens with zero attached hydrogens (tertiary/aromatic N) is 3. The lowest BCUT2D eigenvalue weighted by Crippen LogP contribution is -2.55. The van der Waals surface area contributed by atoms with Gasteiger partial charge in [0.1, 0.15) is 11.7 Å². The molecule has 2 fully saturated rings. The number of carbonyl (C=O) groups is 3. The number of hydrogen-bond acceptors (Lipinski definition) is 5. The van der Waals surface area contributed by atoms with E-state index in [4.69, 9.17) is 0 Å². The van der Waals surface area contributed by atoms with E-state index >= 15 is 0 Å². The second-order valence-corrected chi connectivity index (χ2v) is 5.93. The minimum atomic E-state index is -0.497. The van der Waals surface area contributed by atoms with Crippen LogP contribution in [0.15, 0.2) is 30.5 Å². The Balaban J connectivity index is 1.49. The smallest absolute Gasteiger partial charge is 0.270 e. The largest absolute Gasteiger partial charge is 0.346 e. The van der Waals surface area contributed by atoms with E-state index in [1.807, 2.05) is 6.07 Å². The molecule has 2 saturated heterocycles. The maximum Gasteiger partial charge on any atom is 0.270 e. The van der Waals surface area contributed by atoms with Gasteiger partial charge in [-0.15, -0.1) is 0 Å². The van der Waals surface area contributed by atoms with Gasteiger partial charge in [-0.3, -0.25) is 14.4 Å². The third-order valence-corrected chi connectivity index (χ3v) is 4.37. The molecule has 24 heavy (non-hydrogen) atoms. The van der Waals surface area contributed by atoms with E-state index in [0.717, 1.165) is 5.39 Å². The normalized spacial score (nSPS) is 23.1. The van der Waals surface area contributed by atoms with Gasteiger partial charge in [-0.25, -0.2) is 9.97 Å². The summed E-state index contributed by atoms with van der Waals surface area (Å²) in [6, 6.07) is 6.34. The van der Waals surface area contributed by atoms with Crippen molar-refractivity contribution >= 4 is 28.8 Å². The van der Waals surface area contributed by atoms with Crippen LogP contribution in [0.4, 0.5) is 0 Å². The van der Waals surface area contributed by atoms with Crippen LogP contribution in [-0.2, 0) is 9.59 Å². The molecule has 2 aliphatic heterocycles. The van der Waals surface area contributed by atoms with Crippen LogP contribution in [0.25, 0.3) is 11.0 Å². The van der Waals surface area contributed by atoms with Crippen molar-refractivity contribution in [3.63, 3.8) is 0 Å². The molecule has 0 spiro atoms. The monoisotopic (exact) mass is 325 g/mol. The summed E-state index contributed by atoms with van der Waals surface area (Å²) in [5.74, 6) is -0.621. The van der Waals surface area contributed by atoms with E-state index in [-0.39, 0.29) is 36.0 Å². The van der Waals surface area contributed by atoms with Gasteiger partial charge in [0.2, 0.25) is 11.8 Å². The van der Waals surface area contributed by atoms with E-state index in [9.17, 15) is 14.4 Å². The summed E-state index contributed by atoms with van der Waals surface area (Å²) in [6.07, 6.45) is 2.03. The molecule has 0 radical (unpaired) electrons. The highest BCUT2D eigenvalue weighted by Crippen LogP contribution is 2.21. The summed E-state index contributed by atoms with van der Waals surface area (Å²) in [5, 5.41) is 6.28. The van der Waals surface area contributed by atoms with Crippen molar-refractivity contribution in [3.05, 3.63) is 36.2 Å². The minimum Gasteiger partial charge on any atom is -0.346 e. The van der Waals surface area contributed by atoms with Crippen molar-refractivity contribution in [1.82, 2.24) is 25.5 Å². The number of piperazine rings is 1.